The van der Waals surface area contributed by atoms with Crippen molar-refractivity contribution in [1.82, 2.24) is 5.09 Å². The van der Waals surface area contributed by atoms with Crippen molar-refractivity contribution in [2.24, 2.45) is 0 Å². The number of hydrogen-bond donors (Lipinski definition) is 2. The third-order valence-electron chi connectivity index (χ3n) is 0.832. The summed E-state index contributed by atoms with van der Waals surface area (Å²) < 4.78 is 15.4. The lowest BCUT2D eigenvalue weighted by Gasteiger charge is -2.04. The number of ether oxygens (including phenoxy) is 1. The molecule has 62 valence electrons. The molecule has 0 rings (SSSR count). The summed E-state index contributed by atoms with van der Waals surface area (Å²) in [6.45, 7) is 1.20. The van der Waals surface area contributed by atoms with Gasteiger partial charge in [0.15, 0.2) is 0 Å². The van der Waals surface area contributed by atoms with Crippen LogP contribution >= 0.6 is 29.3 Å². The molecule has 1 unspecified atom stereocenters. The maximum Gasteiger partial charge on any atom is 0.283 e. The van der Waals surface area contributed by atoms with Gasteiger partial charge in [0.05, 0.1) is 0 Å². The molecule has 0 fully saturated rings. The van der Waals surface area contributed by atoms with Crippen molar-refractivity contribution < 1.29 is 9.30 Å². The molecule has 0 saturated heterocycles. The van der Waals surface area contributed by atoms with Crippen LogP contribution < -0.4 is 5.09 Å². The minimum absolute atomic E-state index is 0.568. The maximum absolute atomic E-state index is 10.7. The zero-order valence-corrected chi connectivity index (χ0v) is 8.25. The Labute approximate surface area is 70.8 Å². The van der Waals surface area contributed by atoms with E-state index in [0.29, 0.717) is 13.2 Å². The summed E-state index contributed by atoms with van der Waals surface area (Å²) in [4.78, 5) is 0. The van der Waals surface area contributed by atoms with E-state index in [0.717, 1.165) is 6.42 Å². The summed E-state index contributed by atoms with van der Waals surface area (Å²) in [5.74, 6) is -2.84. The highest BCUT2D eigenvalue weighted by Crippen LogP contribution is 2.51. The minimum Gasteiger partial charge on any atom is -0.385 e. The number of hydrogen-bond acceptors (Lipinski definition) is 2. The number of halogens is 1. The van der Waals surface area contributed by atoms with Crippen LogP contribution in [0.5, 0.6) is 0 Å². The van der Waals surface area contributed by atoms with Gasteiger partial charge in [-0.2, -0.15) is 0 Å². The average molecular weight is 204 g/mol. The van der Waals surface area contributed by atoms with Crippen LogP contribution in [0.25, 0.3) is 0 Å². The van der Waals surface area contributed by atoms with Crippen molar-refractivity contribution >= 4 is 29.3 Å². The molecular weight excluding hydrogens is 193 g/mol. The molecule has 1 N–H and O–H groups in total. The summed E-state index contributed by atoms with van der Waals surface area (Å²) in [7, 11) is 1.61. The maximum atomic E-state index is 10.7. The summed E-state index contributed by atoms with van der Waals surface area (Å²) >= 11 is 8.91. The van der Waals surface area contributed by atoms with Crippen molar-refractivity contribution in [1.29, 1.82) is 0 Å². The van der Waals surface area contributed by atoms with Crippen molar-refractivity contribution in [2.45, 2.75) is 6.42 Å². The Morgan fingerprint density at radius 2 is 2.40 bits per heavy atom. The van der Waals surface area contributed by atoms with Crippen molar-refractivity contribution in [3.8, 4) is 0 Å². The Bertz CT molecular complexity index is 128. The van der Waals surface area contributed by atoms with Gasteiger partial charge in [-0.1, -0.05) is 12.2 Å². The van der Waals surface area contributed by atoms with Gasteiger partial charge in [-0.15, -0.1) is 0 Å². The molecule has 10 heavy (non-hydrogen) atoms. The smallest absolute Gasteiger partial charge is 0.283 e. The molecule has 1 atom stereocenters. The summed E-state index contributed by atoms with van der Waals surface area (Å²) in [6, 6.07) is 0. The number of thiol groups is 1. The first-order chi connectivity index (χ1) is 4.56. The SMILES string of the molecule is COCCCNP(=O)(S)Cl. The highest BCUT2D eigenvalue weighted by molar-refractivity contribution is 8.55. The minimum atomic E-state index is -2.84. The van der Waals surface area contributed by atoms with E-state index in [2.05, 4.69) is 17.3 Å². The summed E-state index contributed by atoms with van der Waals surface area (Å²) in [5, 5.41) is 2.56. The predicted octanol–water partition coefficient (Wildman–Crippen LogP) is 1.89. The van der Waals surface area contributed by atoms with E-state index in [9.17, 15) is 4.57 Å². The second-order valence-electron chi connectivity index (χ2n) is 1.76. The topological polar surface area (TPSA) is 38.3 Å². The lowest BCUT2D eigenvalue weighted by molar-refractivity contribution is 0.196. The van der Waals surface area contributed by atoms with E-state index >= 15 is 0 Å². The molecule has 0 spiro atoms. The van der Waals surface area contributed by atoms with Crippen LogP contribution in [-0.2, 0) is 9.30 Å². The van der Waals surface area contributed by atoms with Gasteiger partial charge < -0.3 is 4.74 Å². The monoisotopic (exact) mass is 203 g/mol. The fraction of sp³-hybridized carbons (Fsp3) is 1.00. The van der Waals surface area contributed by atoms with E-state index in [4.69, 9.17) is 16.0 Å². The third-order valence-corrected chi connectivity index (χ3v) is 2.23. The van der Waals surface area contributed by atoms with Crippen LogP contribution in [0.3, 0.4) is 0 Å². The van der Waals surface area contributed by atoms with Crippen molar-refractivity contribution in [3.63, 3.8) is 0 Å². The van der Waals surface area contributed by atoms with Gasteiger partial charge in [0.2, 0.25) is 0 Å². The Hall–Kier alpha value is 0.790. The number of nitrogens with one attached hydrogen (secondary N) is 1. The van der Waals surface area contributed by atoms with E-state index in [-0.39, 0.29) is 0 Å². The van der Waals surface area contributed by atoms with Gasteiger partial charge in [-0.3, -0.25) is 4.57 Å². The van der Waals surface area contributed by atoms with Gasteiger partial charge in [-0.25, -0.2) is 5.09 Å². The molecule has 0 aromatic carbocycles. The van der Waals surface area contributed by atoms with Crippen LogP contribution in [0.1, 0.15) is 6.42 Å². The number of rotatable bonds is 5. The molecule has 0 aliphatic carbocycles. The molecule has 0 bridgehead atoms. The van der Waals surface area contributed by atoms with Crippen molar-refractivity contribution in [3.05, 3.63) is 0 Å². The van der Waals surface area contributed by atoms with Crippen LogP contribution in [0.4, 0.5) is 0 Å². The fourth-order valence-corrected chi connectivity index (χ4v) is 1.42. The van der Waals surface area contributed by atoms with E-state index in [1.165, 1.54) is 0 Å². The molecular formula is C4H11ClNO2PS. The molecule has 0 heterocycles. The second-order valence-corrected chi connectivity index (χ2v) is 6.90. The van der Waals surface area contributed by atoms with Crippen LogP contribution in [-0.4, -0.2) is 20.3 Å². The molecule has 0 aliphatic heterocycles. The highest BCUT2D eigenvalue weighted by atomic mass is 35.7. The third kappa shape index (κ3) is 8.79. The molecule has 3 nitrogen and oxygen atoms in total. The molecule has 0 aromatic heterocycles. The second kappa shape index (κ2) is 5.44. The largest absolute Gasteiger partial charge is 0.385 e. The first-order valence-electron chi connectivity index (χ1n) is 2.83. The molecule has 0 amide bonds. The standard InChI is InChI=1S/C4H11ClNO2PS/c1-8-4-2-3-6-9(5,7)10/h2-4H2,1H3,(H2,6,7,10). The summed E-state index contributed by atoms with van der Waals surface area (Å²) in [6.07, 6.45) is 0.785. The molecule has 0 saturated carbocycles. The zero-order chi connectivity index (χ0) is 8.04. The van der Waals surface area contributed by atoms with Gasteiger partial charge in [0.1, 0.15) is 0 Å². The summed E-state index contributed by atoms with van der Waals surface area (Å²) in [5.41, 5.74) is 0. The van der Waals surface area contributed by atoms with E-state index < -0.39 is 5.85 Å². The first-order valence-corrected chi connectivity index (χ1v) is 6.59. The van der Waals surface area contributed by atoms with Crippen LogP contribution in [0, 0.1) is 0 Å². The lowest BCUT2D eigenvalue weighted by Crippen LogP contribution is -2.08. The Morgan fingerprint density at radius 1 is 1.80 bits per heavy atom. The van der Waals surface area contributed by atoms with Crippen molar-refractivity contribution in [2.75, 3.05) is 20.3 Å². The Morgan fingerprint density at radius 3 is 2.80 bits per heavy atom. The number of methoxy groups -OCH3 is 1. The molecule has 0 aromatic rings. The van der Waals surface area contributed by atoms with E-state index in [1.807, 2.05) is 0 Å². The van der Waals surface area contributed by atoms with Gasteiger partial charge in [0, 0.05) is 20.3 Å². The Balaban J connectivity index is 3.13. The van der Waals surface area contributed by atoms with Gasteiger partial charge in [0.25, 0.3) is 5.85 Å². The fourth-order valence-electron chi connectivity index (χ4n) is 0.433. The quantitative estimate of drug-likeness (QED) is 0.407. The first kappa shape index (κ1) is 10.8. The normalized spacial score (nSPS) is 16.7. The van der Waals surface area contributed by atoms with Crippen LogP contribution in [0.15, 0.2) is 0 Å². The predicted molar refractivity (Wildman–Crippen MR) is 46.9 cm³/mol. The van der Waals surface area contributed by atoms with Gasteiger partial charge >= 0.3 is 0 Å². The highest BCUT2D eigenvalue weighted by Gasteiger charge is 2.07. The Kier molecular flexibility index (Phi) is 5.87. The van der Waals surface area contributed by atoms with Gasteiger partial charge in [-0.05, 0) is 17.7 Å². The molecule has 0 radical (unpaired) electrons. The zero-order valence-electron chi connectivity index (χ0n) is 5.71. The molecule has 6 heteroatoms. The van der Waals surface area contributed by atoms with E-state index in [1.54, 1.807) is 7.11 Å². The average Bonchev–Trinajstić information content (AvgIpc) is 1.78. The lowest BCUT2D eigenvalue weighted by atomic mass is 10.5. The van der Waals surface area contributed by atoms with Crippen LogP contribution in [0.2, 0.25) is 0 Å². The molecule has 0 aliphatic rings.